The summed E-state index contributed by atoms with van der Waals surface area (Å²) >= 11 is 0. The fourth-order valence-corrected chi connectivity index (χ4v) is 2.11. The Hall–Kier alpha value is -2.27. The Morgan fingerprint density at radius 1 is 1.30 bits per heavy atom. The van der Waals surface area contributed by atoms with Gasteiger partial charge in [-0.2, -0.15) is 0 Å². The second-order valence-corrected chi connectivity index (χ2v) is 5.53. The van der Waals surface area contributed by atoms with Gasteiger partial charge in [0.2, 0.25) is 5.91 Å². The van der Waals surface area contributed by atoms with E-state index in [0.29, 0.717) is 25.2 Å². The highest BCUT2D eigenvalue weighted by Gasteiger charge is 2.11. The maximum Gasteiger partial charge on any atom is 0.220 e. The first-order valence-corrected chi connectivity index (χ1v) is 7.74. The van der Waals surface area contributed by atoms with Gasteiger partial charge in [-0.05, 0) is 55.7 Å². The molecule has 0 saturated carbocycles. The summed E-state index contributed by atoms with van der Waals surface area (Å²) in [6.07, 6.45) is 1.65. The lowest BCUT2D eigenvalue weighted by molar-refractivity contribution is -0.121. The minimum atomic E-state index is -0.819. The van der Waals surface area contributed by atoms with Crippen molar-refractivity contribution in [2.75, 3.05) is 13.2 Å². The molecule has 23 heavy (non-hydrogen) atoms. The van der Waals surface area contributed by atoms with Crippen LogP contribution >= 0.6 is 0 Å². The van der Waals surface area contributed by atoms with Crippen LogP contribution in [0, 0.1) is 13.8 Å². The molecule has 0 saturated heterocycles. The summed E-state index contributed by atoms with van der Waals surface area (Å²) in [6.45, 7) is 4.72. The third-order valence-electron chi connectivity index (χ3n) is 3.66. The van der Waals surface area contributed by atoms with Crippen molar-refractivity contribution in [3.8, 4) is 5.75 Å². The van der Waals surface area contributed by atoms with Crippen molar-refractivity contribution in [3.63, 3.8) is 0 Å². The minimum absolute atomic E-state index is 0.112. The summed E-state index contributed by atoms with van der Waals surface area (Å²) in [4.78, 5) is 11.7. The van der Waals surface area contributed by atoms with Gasteiger partial charge in [-0.15, -0.1) is 0 Å². The quantitative estimate of drug-likeness (QED) is 0.734. The number of nitrogens with one attached hydrogen (secondary N) is 1. The normalized spacial score (nSPS) is 12.0. The van der Waals surface area contributed by atoms with Crippen molar-refractivity contribution in [2.24, 2.45) is 0 Å². The molecule has 0 fully saturated rings. The van der Waals surface area contributed by atoms with Gasteiger partial charge in [0.05, 0.1) is 19.4 Å². The predicted octanol–water partition coefficient (Wildman–Crippen LogP) is 2.91. The van der Waals surface area contributed by atoms with E-state index in [1.165, 1.54) is 17.4 Å². The summed E-state index contributed by atoms with van der Waals surface area (Å²) < 4.78 is 10.7. The number of carbonyl (C=O) groups is 1. The molecular weight excluding hydrogens is 294 g/mol. The SMILES string of the molecule is Cc1ccc(OCCCC(=O)NCC(O)c2ccco2)cc1C. The molecule has 1 unspecified atom stereocenters. The number of hydrogen-bond acceptors (Lipinski definition) is 4. The van der Waals surface area contributed by atoms with E-state index >= 15 is 0 Å². The van der Waals surface area contributed by atoms with Crippen molar-refractivity contribution in [1.29, 1.82) is 0 Å². The van der Waals surface area contributed by atoms with Crippen LogP contribution in [-0.4, -0.2) is 24.2 Å². The number of ether oxygens (including phenoxy) is 1. The maximum atomic E-state index is 11.7. The molecule has 0 spiro atoms. The molecule has 1 aromatic heterocycles. The zero-order valence-corrected chi connectivity index (χ0v) is 13.5. The van der Waals surface area contributed by atoms with Crippen LogP contribution in [-0.2, 0) is 4.79 Å². The highest BCUT2D eigenvalue weighted by Crippen LogP contribution is 2.16. The highest BCUT2D eigenvalue weighted by molar-refractivity contribution is 5.75. The van der Waals surface area contributed by atoms with Crippen LogP contribution in [0.3, 0.4) is 0 Å². The van der Waals surface area contributed by atoms with E-state index in [1.54, 1.807) is 12.1 Å². The number of aliphatic hydroxyl groups excluding tert-OH is 1. The lowest BCUT2D eigenvalue weighted by Gasteiger charge is -2.10. The van der Waals surface area contributed by atoms with Gasteiger partial charge < -0.3 is 19.6 Å². The summed E-state index contributed by atoms with van der Waals surface area (Å²) in [5, 5.41) is 12.5. The van der Waals surface area contributed by atoms with Crippen LogP contribution in [0.25, 0.3) is 0 Å². The Kier molecular flexibility index (Phi) is 6.23. The maximum absolute atomic E-state index is 11.7. The molecule has 0 aliphatic heterocycles. The van der Waals surface area contributed by atoms with Crippen LogP contribution in [0.1, 0.15) is 35.8 Å². The predicted molar refractivity (Wildman–Crippen MR) is 87.3 cm³/mol. The van der Waals surface area contributed by atoms with Crippen molar-refractivity contribution in [2.45, 2.75) is 32.8 Å². The summed E-state index contributed by atoms with van der Waals surface area (Å²) in [5.41, 5.74) is 2.42. The average molecular weight is 317 g/mol. The zero-order chi connectivity index (χ0) is 16.7. The summed E-state index contributed by atoms with van der Waals surface area (Å²) in [7, 11) is 0. The Labute approximate surface area is 136 Å². The fourth-order valence-electron chi connectivity index (χ4n) is 2.11. The fraction of sp³-hybridized carbons (Fsp3) is 0.389. The Morgan fingerprint density at radius 2 is 2.13 bits per heavy atom. The van der Waals surface area contributed by atoms with Crippen molar-refractivity contribution in [1.82, 2.24) is 5.32 Å². The van der Waals surface area contributed by atoms with Crippen LogP contribution < -0.4 is 10.1 Å². The van der Waals surface area contributed by atoms with Gasteiger partial charge in [0.15, 0.2) is 0 Å². The monoisotopic (exact) mass is 317 g/mol. The molecule has 1 amide bonds. The van der Waals surface area contributed by atoms with Gasteiger partial charge in [-0.3, -0.25) is 4.79 Å². The number of carbonyl (C=O) groups excluding carboxylic acids is 1. The highest BCUT2D eigenvalue weighted by atomic mass is 16.5. The first kappa shape index (κ1) is 17.1. The molecule has 0 bridgehead atoms. The van der Waals surface area contributed by atoms with E-state index in [-0.39, 0.29) is 12.5 Å². The van der Waals surface area contributed by atoms with Gasteiger partial charge in [0.1, 0.15) is 17.6 Å². The number of aryl methyl sites for hydroxylation is 2. The van der Waals surface area contributed by atoms with E-state index < -0.39 is 6.10 Å². The molecular formula is C18H23NO4. The number of aliphatic hydroxyl groups is 1. The third-order valence-corrected chi connectivity index (χ3v) is 3.66. The largest absolute Gasteiger partial charge is 0.494 e. The first-order valence-electron chi connectivity index (χ1n) is 7.74. The Balaban J connectivity index is 1.62. The minimum Gasteiger partial charge on any atom is -0.494 e. The number of furan rings is 1. The number of benzene rings is 1. The van der Waals surface area contributed by atoms with Crippen LogP contribution in [0.15, 0.2) is 41.0 Å². The van der Waals surface area contributed by atoms with E-state index in [2.05, 4.69) is 12.2 Å². The van der Waals surface area contributed by atoms with E-state index in [1.807, 2.05) is 25.1 Å². The van der Waals surface area contributed by atoms with Crippen molar-refractivity contribution < 1.29 is 19.1 Å². The first-order chi connectivity index (χ1) is 11.1. The van der Waals surface area contributed by atoms with E-state index in [4.69, 9.17) is 9.15 Å². The van der Waals surface area contributed by atoms with Crippen molar-refractivity contribution >= 4 is 5.91 Å². The van der Waals surface area contributed by atoms with Crippen LogP contribution in [0.4, 0.5) is 0 Å². The van der Waals surface area contributed by atoms with Gasteiger partial charge >= 0.3 is 0 Å². The molecule has 1 heterocycles. The van der Waals surface area contributed by atoms with Crippen LogP contribution in [0.2, 0.25) is 0 Å². The van der Waals surface area contributed by atoms with E-state index in [9.17, 15) is 9.90 Å². The molecule has 0 aliphatic carbocycles. The third kappa shape index (κ3) is 5.45. The van der Waals surface area contributed by atoms with Gasteiger partial charge in [0.25, 0.3) is 0 Å². The van der Waals surface area contributed by atoms with Gasteiger partial charge in [-0.1, -0.05) is 6.07 Å². The van der Waals surface area contributed by atoms with Crippen LogP contribution in [0.5, 0.6) is 5.75 Å². The van der Waals surface area contributed by atoms with Gasteiger partial charge in [-0.25, -0.2) is 0 Å². The van der Waals surface area contributed by atoms with Gasteiger partial charge in [0, 0.05) is 6.42 Å². The lowest BCUT2D eigenvalue weighted by atomic mass is 10.1. The smallest absolute Gasteiger partial charge is 0.220 e. The Morgan fingerprint density at radius 3 is 2.83 bits per heavy atom. The second-order valence-electron chi connectivity index (χ2n) is 5.53. The molecule has 2 aromatic rings. The number of hydrogen-bond donors (Lipinski definition) is 2. The Bertz CT molecular complexity index is 622. The molecule has 2 N–H and O–H groups in total. The van der Waals surface area contributed by atoms with Crippen molar-refractivity contribution in [3.05, 3.63) is 53.5 Å². The standard InChI is InChI=1S/C18H23NO4/c1-13-7-8-15(11-14(13)2)22-9-4-6-18(21)19-12-16(20)17-5-3-10-23-17/h3,5,7-8,10-11,16,20H,4,6,9,12H2,1-2H3,(H,19,21). The molecule has 5 heteroatoms. The topological polar surface area (TPSA) is 71.7 Å². The zero-order valence-electron chi connectivity index (χ0n) is 13.5. The second kappa shape index (κ2) is 8.39. The summed E-state index contributed by atoms with van der Waals surface area (Å²) in [6, 6.07) is 9.32. The molecule has 0 aliphatic rings. The molecule has 1 atom stereocenters. The average Bonchev–Trinajstić information content (AvgIpc) is 3.07. The lowest BCUT2D eigenvalue weighted by Crippen LogP contribution is -2.28. The molecule has 1 aromatic carbocycles. The summed E-state index contributed by atoms with van der Waals surface area (Å²) in [5.74, 6) is 1.16. The number of amides is 1. The number of rotatable bonds is 8. The molecule has 0 radical (unpaired) electrons. The van der Waals surface area contributed by atoms with E-state index in [0.717, 1.165) is 5.75 Å². The molecule has 5 nitrogen and oxygen atoms in total. The molecule has 2 rings (SSSR count). The molecule has 124 valence electrons.